The zero-order valence-corrected chi connectivity index (χ0v) is 17.8. The molecule has 2 heterocycles. The molecule has 1 N–H and O–H groups in total. The van der Waals surface area contributed by atoms with E-state index < -0.39 is 5.97 Å². The molecule has 0 radical (unpaired) electrons. The number of rotatable bonds is 7. The van der Waals surface area contributed by atoms with Crippen molar-refractivity contribution in [1.82, 2.24) is 14.7 Å². The Labute approximate surface area is 174 Å². The van der Waals surface area contributed by atoms with Crippen LogP contribution in [0.5, 0.6) is 0 Å². The van der Waals surface area contributed by atoms with Crippen molar-refractivity contribution in [1.29, 1.82) is 0 Å². The molecular formula is C23H35N3O3. The van der Waals surface area contributed by atoms with E-state index in [0.717, 1.165) is 57.5 Å². The molecule has 3 rings (SSSR count). The van der Waals surface area contributed by atoms with Crippen molar-refractivity contribution in [2.24, 2.45) is 5.92 Å². The number of hydrogen-bond acceptors (Lipinski definition) is 4. The minimum Gasteiger partial charge on any atom is -0.481 e. The molecule has 6 heteroatoms. The third kappa shape index (κ3) is 5.80. The van der Waals surface area contributed by atoms with Gasteiger partial charge in [-0.3, -0.25) is 14.5 Å². The summed E-state index contributed by atoms with van der Waals surface area (Å²) >= 11 is 0. The van der Waals surface area contributed by atoms with Crippen LogP contribution in [0.3, 0.4) is 0 Å². The highest BCUT2D eigenvalue weighted by Crippen LogP contribution is 2.28. The van der Waals surface area contributed by atoms with E-state index in [4.69, 9.17) is 0 Å². The first kappa shape index (κ1) is 21.8. The molecule has 0 aliphatic carbocycles. The first-order valence-corrected chi connectivity index (χ1v) is 11.0. The predicted molar refractivity (Wildman–Crippen MR) is 114 cm³/mol. The van der Waals surface area contributed by atoms with Crippen molar-refractivity contribution in [3.8, 4) is 0 Å². The molecule has 2 saturated heterocycles. The zero-order chi connectivity index (χ0) is 20.8. The highest BCUT2D eigenvalue weighted by atomic mass is 16.4. The van der Waals surface area contributed by atoms with Gasteiger partial charge in [-0.05, 0) is 49.9 Å². The maximum absolute atomic E-state index is 13.1. The van der Waals surface area contributed by atoms with Gasteiger partial charge in [0.15, 0.2) is 0 Å². The van der Waals surface area contributed by atoms with Gasteiger partial charge in [0.1, 0.15) is 0 Å². The third-order valence-corrected chi connectivity index (χ3v) is 6.46. The molecule has 0 spiro atoms. The number of carbonyl (C=O) groups excluding carboxylic acids is 1. The van der Waals surface area contributed by atoms with Gasteiger partial charge >= 0.3 is 5.97 Å². The fourth-order valence-corrected chi connectivity index (χ4v) is 4.72. The van der Waals surface area contributed by atoms with Crippen LogP contribution in [0, 0.1) is 5.92 Å². The van der Waals surface area contributed by atoms with Crippen molar-refractivity contribution < 1.29 is 14.7 Å². The van der Waals surface area contributed by atoms with E-state index >= 15 is 0 Å². The molecule has 1 aromatic carbocycles. The number of carboxylic acids is 1. The lowest BCUT2D eigenvalue weighted by Crippen LogP contribution is -2.57. The number of likely N-dealkylation sites (tertiary alicyclic amines) is 1. The number of benzene rings is 1. The topological polar surface area (TPSA) is 64.1 Å². The van der Waals surface area contributed by atoms with Crippen molar-refractivity contribution in [3.63, 3.8) is 0 Å². The monoisotopic (exact) mass is 401 g/mol. The summed E-state index contributed by atoms with van der Waals surface area (Å²) in [5.41, 5.74) is 2.00. The molecule has 160 valence electrons. The molecule has 2 fully saturated rings. The molecule has 2 atom stereocenters. The van der Waals surface area contributed by atoms with Crippen LogP contribution in [-0.2, 0) is 11.2 Å². The van der Waals surface area contributed by atoms with Crippen LogP contribution >= 0.6 is 0 Å². The Morgan fingerprint density at radius 3 is 2.38 bits per heavy atom. The third-order valence-electron chi connectivity index (χ3n) is 6.46. The van der Waals surface area contributed by atoms with Gasteiger partial charge in [-0.25, -0.2) is 0 Å². The normalized spacial score (nSPS) is 23.9. The van der Waals surface area contributed by atoms with Crippen LogP contribution < -0.4 is 0 Å². The minimum absolute atomic E-state index is 0.0743. The number of nitrogens with zero attached hydrogens (tertiary/aromatic N) is 3. The molecule has 0 aromatic heterocycles. The Bertz CT molecular complexity index is 683. The fourth-order valence-electron chi connectivity index (χ4n) is 4.72. The quantitative estimate of drug-likeness (QED) is 0.761. The smallest absolute Gasteiger partial charge is 0.303 e. The van der Waals surface area contributed by atoms with Gasteiger partial charge in [-0.1, -0.05) is 25.5 Å². The molecule has 1 aromatic rings. The van der Waals surface area contributed by atoms with Crippen molar-refractivity contribution in [3.05, 3.63) is 35.4 Å². The number of piperidine rings is 1. The van der Waals surface area contributed by atoms with Gasteiger partial charge in [-0.15, -0.1) is 0 Å². The molecule has 29 heavy (non-hydrogen) atoms. The van der Waals surface area contributed by atoms with Crippen LogP contribution in [0.15, 0.2) is 24.3 Å². The minimum atomic E-state index is -0.753. The highest BCUT2D eigenvalue weighted by molar-refractivity contribution is 5.94. The summed E-state index contributed by atoms with van der Waals surface area (Å²) in [6.45, 7) is 7.70. The second kappa shape index (κ2) is 10.2. The summed E-state index contributed by atoms with van der Waals surface area (Å²) in [5.74, 6) is -0.464. The van der Waals surface area contributed by atoms with Gasteiger partial charge in [0.2, 0.25) is 0 Å². The first-order valence-electron chi connectivity index (χ1n) is 11.0. The second-order valence-corrected chi connectivity index (χ2v) is 8.59. The van der Waals surface area contributed by atoms with Crippen molar-refractivity contribution in [2.45, 2.75) is 45.1 Å². The Balaban J connectivity index is 1.67. The summed E-state index contributed by atoms with van der Waals surface area (Å²) in [7, 11) is 2.15. The van der Waals surface area contributed by atoms with E-state index in [2.05, 4.69) is 35.9 Å². The van der Waals surface area contributed by atoms with Crippen LogP contribution in [0.1, 0.15) is 48.5 Å². The summed E-state index contributed by atoms with van der Waals surface area (Å²) < 4.78 is 0. The zero-order valence-electron chi connectivity index (χ0n) is 17.8. The highest BCUT2D eigenvalue weighted by Gasteiger charge is 2.36. The summed E-state index contributed by atoms with van der Waals surface area (Å²) in [4.78, 5) is 31.1. The van der Waals surface area contributed by atoms with Crippen molar-refractivity contribution in [2.75, 3.05) is 46.3 Å². The van der Waals surface area contributed by atoms with E-state index in [9.17, 15) is 14.7 Å². The Morgan fingerprint density at radius 1 is 1.07 bits per heavy atom. The number of carboxylic acid groups (broad SMARTS) is 1. The summed E-state index contributed by atoms with van der Waals surface area (Å²) in [6.07, 6.45) is 3.85. The van der Waals surface area contributed by atoms with Gasteiger partial charge in [0, 0.05) is 57.3 Å². The number of carbonyl (C=O) groups is 2. The standard InChI is InChI=1S/C23H35N3O3/c1-3-4-18-5-7-19(8-6-18)23(29)26-12-11-21(20(17-26)9-10-22(27)28)25-15-13-24(2)14-16-25/h5-8,20-21H,3-4,9-17H2,1-2H3,(H,27,28)/t20-,21+/m0/s1. The number of hydrogen-bond donors (Lipinski definition) is 1. The first-order chi connectivity index (χ1) is 14.0. The fraction of sp³-hybridized carbons (Fsp3) is 0.652. The predicted octanol–water partition coefficient (Wildman–Crippen LogP) is 2.58. The molecule has 6 nitrogen and oxygen atoms in total. The second-order valence-electron chi connectivity index (χ2n) is 8.59. The molecule has 0 saturated carbocycles. The van der Waals surface area contributed by atoms with Gasteiger partial charge in [0.25, 0.3) is 5.91 Å². The SMILES string of the molecule is CCCc1ccc(C(=O)N2CC[C@@H](N3CCN(C)CC3)[C@@H](CCC(=O)O)C2)cc1. The average molecular weight is 402 g/mol. The number of piperazine rings is 1. The van der Waals surface area contributed by atoms with E-state index in [1.165, 1.54) is 5.56 Å². The maximum atomic E-state index is 13.1. The van der Waals surface area contributed by atoms with Gasteiger partial charge in [0.05, 0.1) is 0 Å². The van der Waals surface area contributed by atoms with Gasteiger partial charge < -0.3 is 14.9 Å². The van der Waals surface area contributed by atoms with E-state index in [1.54, 1.807) is 0 Å². The molecule has 2 aliphatic heterocycles. The van der Waals surface area contributed by atoms with Crippen molar-refractivity contribution >= 4 is 11.9 Å². The van der Waals surface area contributed by atoms with E-state index in [1.807, 2.05) is 17.0 Å². The largest absolute Gasteiger partial charge is 0.481 e. The lowest BCUT2D eigenvalue weighted by atomic mass is 9.86. The van der Waals surface area contributed by atoms with Crippen LogP contribution in [0.4, 0.5) is 0 Å². The Morgan fingerprint density at radius 2 is 1.76 bits per heavy atom. The molecule has 0 bridgehead atoms. The lowest BCUT2D eigenvalue weighted by Gasteiger charge is -2.46. The number of likely N-dealkylation sites (N-methyl/N-ethyl adjacent to an activating group) is 1. The van der Waals surface area contributed by atoms with Crippen LogP contribution in [0.25, 0.3) is 0 Å². The molecule has 2 aliphatic rings. The summed E-state index contributed by atoms with van der Waals surface area (Å²) in [5, 5.41) is 9.20. The molecule has 1 amide bonds. The summed E-state index contributed by atoms with van der Waals surface area (Å²) in [6, 6.07) is 8.35. The molecular weight excluding hydrogens is 366 g/mol. The maximum Gasteiger partial charge on any atom is 0.303 e. The Hall–Kier alpha value is -1.92. The van der Waals surface area contributed by atoms with Crippen LogP contribution in [-0.4, -0.2) is 84.0 Å². The average Bonchev–Trinajstić information content (AvgIpc) is 2.73. The van der Waals surface area contributed by atoms with E-state index in [-0.39, 0.29) is 18.2 Å². The van der Waals surface area contributed by atoms with E-state index in [0.29, 0.717) is 19.0 Å². The number of amides is 1. The number of aliphatic carboxylic acids is 1. The van der Waals surface area contributed by atoms with Gasteiger partial charge in [-0.2, -0.15) is 0 Å². The lowest BCUT2D eigenvalue weighted by molar-refractivity contribution is -0.137. The molecule has 0 unspecified atom stereocenters. The Kier molecular flexibility index (Phi) is 7.67. The number of aryl methyl sites for hydroxylation is 1. The van der Waals surface area contributed by atoms with Crippen LogP contribution in [0.2, 0.25) is 0 Å².